The number of rotatable bonds is 4. The molecule has 31 heavy (non-hydrogen) atoms. The first-order valence-electron chi connectivity index (χ1n) is 10.9. The summed E-state index contributed by atoms with van der Waals surface area (Å²) in [5, 5.41) is 2.41. The summed E-state index contributed by atoms with van der Waals surface area (Å²) in [6, 6.07) is 23.6. The molecule has 1 fully saturated rings. The summed E-state index contributed by atoms with van der Waals surface area (Å²) in [5.41, 5.74) is 9.66. The van der Waals surface area contributed by atoms with Crippen molar-refractivity contribution in [2.45, 2.75) is 32.1 Å². The summed E-state index contributed by atoms with van der Waals surface area (Å²) in [5.74, 6) is 7.68. The number of nitrogens with zero attached hydrogens (tertiary/aromatic N) is 1. The molecule has 150 valence electrons. The van der Waals surface area contributed by atoms with Gasteiger partial charge < -0.3 is 0 Å². The third kappa shape index (κ3) is 4.92. The fourth-order valence-electron chi connectivity index (χ4n) is 4.08. The van der Waals surface area contributed by atoms with Crippen molar-refractivity contribution < 1.29 is 0 Å². The van der Waals surface area contributed by atoms with Crippen molar-refractivity contribution in [3.63, 3.8) is 0 Å². The maximum absolute atomic E-state index is 4.67. The van der Waals surface area contributed by atoms with Crippen molar-refractivity contribution >= 4 is 29.1 Å². The van der Waals surface area contributed by atoms with Crippen LogP contribution < -0.4 is 0 Å². The molecule has 0 atom stereocenters. The predicted molar refractivity (Wildman–Crippen MR) is 133 cm³/mol. The zero-order valence-electron chi connectivity index (χ0n) is 17.4. The summed E-state index contributed by atoms with van der Waals surface area (Å²) in [6.45, 7) is 0. The molecule has 0 spiro atoms. The minimum Gasteiger partial charge on any atom is -0.195 e. The number of hydrogen-bond acceptors (Lipinski definition) is 2. The van der Waals surface area contributed by atoms with E-state index in [-0.39, 0.29) is 0 Å². The van der Waals surface area contributed by atoms with Crippen LogP contribution in [0.3, 0.4) is 0 Å². The van der Waals surface area contributed by atoms with E-state index in [0.717, 1.165) is 30.0 Å². The van der Waals surface area contributed by atoms with E-state index in [2.05, 4.69) is 94.9 Å². The molecule has 0 saturated heterocycles. The van der Waals surface area contributed by atoms with Gasteiger partial charge in [0.25, 0.3) is 0 Å². The first kappa shape index (κ1) is 19.7. The van der Waals surface area contributed by atoms with Gasteiger partial charge >= 0.3 is 0 Å². The van der Waals surface area contributed by atoms with E-state index < -0.39 is 0 Å². The Morgan fingerprint density at radius 2 is 1.61 bits per heavy atom. The van der Waals surface area contributed by atoms with Crippen LogP contribution in [0.2, 0.25) is 0 Å². The van der Waals surface area contributed by atoms with Crippen LogP contribution in [0, 0.1) is 17.8 Å². The van der Waals surface area contributed by atoms with Gasteiger partial charge in [0.05, 0.1) is 10.8 Å². The Labute approximate surface area is 189 Å². The lowest BCUT2D eigenvalue weighted by molar-refractivity contribution is 0.832. The molecule has 0 aromatic heterocycles. The number of aliphatic imine (C=N–C) groups is 1. The minimum atomic E-state index is 0.834. The van der Waals surface area contributed by atoms with Crippen molar-refractivity contribution in [2.24, 2.45) is 10.9 Å². The SMILES string of the molecule is S=C=Nc1ccc(-c2ccc3c(c2)CCC(C#Cc2ccc(CC4CC4)cc2)=C3)cc1. The number of fused-ring (bicyclic) bond motifs is 1. The van der Waals surface area contributed by atoms with Gasteiger partial charge in [0.2, 0.25) is 0 Å². The average Bonchev–Trinajstić information content (AvgIpc) is 3.63. The van der Waals surface area contributed by atoms with E-state index in [0.29, 0.717) is 0 Å². The highest BCUT2D eigenvalue weighted by molar-refractivity contribution is 7.78. The van der Waals surface area contributed by atoms with Crippen LogP contribution in [-0.2, 0) is 12.8 Å². The van der Waals surface area contributed by atoms with Gasteiger partial charge in [-0.25, -0.2) is 0 Å². The maximum atomic E-state index is 4.67. The predicted octanol–water partition coefficient (Wildman–Crippen LogP) is 7.42. The Morgan fingerprint density at radius 1 is 0.839 bits per heavy atom. The van der Waals surface area contributed by atoms with Gasteiger partial charge in [-0.1, -0.05) is 54.3 Å². The molecule has 0 unspecified atom stereocenters. The standard InChI is InChI=1S/C29H23NS/c31-20-30-29-15-13-25(14-16-29)27-12-11-26-18-24(9-10-28(26)19-27)6-3-21-1-4-22(5-2-21)17-23-7-8-23/h1-2,4-5,11-16,18-19,23H,7-10,17H2. The zero-order chi connectivity index (χ0) is 21.0. The molecular formula is C29H23NS. The zero-order valence-corrected chi connectivity index (χ0v) is 18.2. The van der Waals surface area contributed by atoms with Gasteiger partial charge in [0.1, 0.15) is 0 Å². The molecule has 0 N–H and O–H groups in total. The molecule has 0 aliphatic heterocycles. The van der Waals surface area contributed by atoms with Crippen molar-refractivity contribution in [1.29, 1.82) is 0 Å². The Bertz CT molecular complexity index is 1240. The highest BCUT2D eigenvalue weighted by Gasteiger charge is 2.21. The molecule has 0 heterocycles. The second-order valence-corrected chi connectivity index (χ2v) is 8.61. The number of thiocarbonyl (C=S) groups is 1. The largest absolute Gasteiger partial charge is 0.195 e. The van der Waals surface area contributed by atoms with Gasteiger partial charge in [0.15, 0.2) is 0 Å². The molecule has 1 nitrogen and oxygen atoms in total. The topological polar surface area (TPSA) is 12.4 Å². The van der Waals surface area contributed by atoms with Crippen LogP contribution in [0.5, 0.6) is 0 Å². The van der Waals surface area contributed by atoms with E-state index in [1.807, 2.05) is 12.1 Å². The number of benzene rings is 3. The molecule has 5 rings (SSSR count). The summed E-state index contributed by atoms with van der Waals surface area (Å²) in [6.07, 6.45) is 8.28. The lowest BCUT2D eigenvalue weighted by atomic mass is 9.89. The number of aryl methyl sites for hydroxylation is 1. The Kier molecular flexibility index (Phi) is 5.63. The second kappa shape index (κ2) is 8.86. The highest BCUT2D eigenvalue weighted by atomic mass is 32.1. The van der Waals surface area contributed by atoms with Gasteiger partial charge in [-0.15, -0.1) is 0 Å². The lowest BCUT2D eigenvalue weighted by Gasteiger charge is -2.15. The van der Waals surface area contributed by atoms with Crippen LogP contribution in [0.15, 0.2) is 77.3 Å². The minimum absolute atomic E-state index is 0.834. The van der Waals surface area contributed by atoms with Gasteiger partial charge in [0, 0.05) is 11.1 Å². The maximum Gasteiger partial charge on any atom is 0.0739 e. The first-order chi connectivity index (χ1) is 15.3. The second-order valence-electron chi connectivity index (χ2n) is 8.43. The molecule has 0 radical (unpaired) electrons. The average molecular weight is 418 g/mol. The monoisotopic (exact) mass is 417 g/mol. The van der Waals surface area contributed by atoms with Crippen LogP contribution in [-0.4, -0.2) is 5.16 Å². The van der Waals surface area contributed by atoms with E-state index in [1.165, 1.54) is 52.7 Å². The molecule has 3 aromatic carbocycles. The van der Waals surface area contributed by atoms with E-state index in [9.17, 15) is 0 Å². The Morgan fingerprint density at radius 3 is 2.35 bits per heavy atom. The highest BCUT2D eigenvalue weighted by Crippen LogP contribution is 2.32. The van der Waals surface area contributed by atoms with Gasteiger partial charge in [-0.05, 0) is 108 Å². The first-order valence-corrected chi connectivity index (χ1v) is 11.3. The number of hydrogen-bond donors (Lipinski definition) is 0. The fraction of sp³-hybridized carbons (Fsp3) is 0.207. The van der Waals surface area contributed by atoms with Crippen molar-refractivity contribution in [3.8, 4) is 23.0 Å². The summed E-state index contributed by atoms with van der Waals surface area (Å²) in [4.78, 5) is 4.02. The third-order valence-corrected chi connectivity index (χ3v) is 6.15. The normalized spacial score (nSPS) is 14.5. The molecule has 2 aliphatic rings. The van der Waals surface area contributed by atoms with E-state index in [1.54, 1.807) is 0 Å². The van der Waals surface area contributed by atoms with Gasteiger partial charge in [-0.3, -0.25) is 0 Å². The molecule has 2 heteroatoms. The molecule has 0 amide bonds. The number of isothiocyanates is 1. The quantitative estimate of drug-likeness (QED) is 0.244. The van der Waals surface area contributed by atoms with Gasteiger partial charge in [-0.2, -0.15) is 4.99 Å². The molecule has 3 aromatic rings. The number of allylic oxidation sites excluding steroid dienone is 1. The smallest absolute Gasteiger partial charge is 0.0739 e. The molecule has 2 aliphatic carbocycles. The van der Waals surface area contributed by atoms with Crippen molar-refractivity contribution in [2.75, 3.05) is 0 Å². The van der Waals surface area contributed by atoms with Crippen LogP contribution in [0.25, 0.3) is 17.2 Å². The Hall–Kier alpha value is -3.24. The molecule has 1 saturated carbocycles. The summed E-state index contributed by atoms with van der Waals surface area (Å²) < 4.78 is 0. The van der Waals surface area contributed by atoms with Crippen LogP contribution in [0.4, 0.5) is 5.69 Å². The van der Waals surface area contributed by atoms with Crippen LogP contribution in [0.1, 0.15) is 41.5 Å². The Balaban J connectivity index is 1.31. The van der Waals surface area contributed by atoms with E-state index in [4.69, 9.17) is 0 Å². The van der Waals surface area contributed by atoms with Crippen LogP contribution >= 0.6 is 12.2 Å². The molecule has 0 bridgehead atoms. The van der Waals surface area contributed by atoms with E-state index >= 15 is 0 Å². The third-order valence-electron chi connectivity index (χ3n) is 6.05. The van der Waals surface area contributed by atoms with Crippen molar-refractivity contribution in [1.82, 2.24) is 0 Å². The fourth-order valence-corrected chi connectivity index (χ4v) is 4.19. The molecular weight excluding hydrogens is 394 g/mol. The summed E-state index contributed by atoms with van der Waals surface area (Å²) in [7, 11) is 0. The summed E-state index contributed by atoms with van der Waals surface area (Å²) >= 11 is 4.67. The van der Waals surface area contributed by atoms with Crippen molar-refractivity contribution in [3.05, 3.63) is 94.6 Å². The lowest BCUT2D eigenvalue weighted by Crippen LogP contribution is -1.98.